The molecule has 6 aromatic carbocycles. The zero-order valence-electron chi connectivity index (χ0n) is 20.5. The van der Waals surface area contributed by atoms with Crippen molar-refractivity contribution in [3.8, 4) is 33.4 Å². The largest absolute Gasteiger partial charge is 0.399 e. The third-order valence-electron chi connectivity index (χ3n) is 7.97. The van der Waals surface area contributed by atoms with Crippen molar-refractivity contribution in [1.29, 1.82) is 0 Å². The summed E-state index contributed by atoms with van der Waals surface area (Å²) in [6, 6.07) is 41.6. The Kier molecular flexibility index (Phi) is 4.41. The molecule has 0 spiro atoms. The lowest BCUT2D eigenvalue weighted by atomic mass is 9.77. The molecular formula is C35H27N. The highest BCUT2D eigenvalue weighted by Crippen LogP contribution is 2.56. The molecule has 0 aliphatic heterocycles. The van der Waals surface area contributed by atoms with Crippen molar-refractivity contribution in [3.63, 3.8) is 0 Å². The van der Waals surface area contributed by atoms with E-state index in [2.05, 4.69) is 123 Å². The summed E-state index contributed by atoms with van der Waals surface area (Å²) in [5, 5.41) is 5.27. The number of hydrogen-bond acceptors (Lipinski definition) is 1. The molecule has 0 bridgehead atoms. The van der Waals surface area contributed by atoms with Gasteiger partial charge < -0.3 is 5.73 Å². The van der Waals surface area contributed by atoms with Gasteiger partial charge in [-0.1, -0.05) is 117 Å². The number of nitrogens with two attached hydrogens (primary N) is 1. The first kappa shape index (κ1) is 21.0. The second-order valence-electron chi connectivity index (χ2n) is 10.4. The van der Waals surface area contributed by atoms with Gasteiger partial charge in [0, 0.05) is 11.1 Å². The van der Waals surface area contributed by atoms with Gasteiger partial charge in [-0.2, -0.15) is 0 Å². The van der Waals surface area contributed by atoms with Crippen LogP contribution in [0.1, 0.15) is 25.0 Å². The van der Waals surface area contributed by atoms with Crippen molar-refractivity contribution in [3.05, 3.63) is 126 Å². The smallest absolute Gasteiger partial charge is 0.0317 e. The van der Waals surface area contributed by atoms with E-state index in [0.717, 1.165) is 5.69 Å². The van der Waals surface area contributed by atoms with Crippen molar-refractivity contribution < 1.29 is 0 Å². The van der Waals surface area contributed by atoms with Crippen molar-refractivity contribution in [2.24, 2.45) is 0 Å². The minimum Gasteiger partial charge on any atom is -0.399 e. The molecule has 172 valence electrons. The van der Waals surface area contributed by atoms with Crippen molar-refractivity contribution >= 4 is 27.2 Å². The maximum Gasteiger partial charge on any atom is 0.0317 e. The van der Waals surface area contributed by atoms with Gasteiger partial charge in [-0.15, -0.1) is 0 Å². The molecule has 0 aromatic heterocycles. The maximum absolute atomic E-state index is 6.30. The normalized spacial score (nSPS) is 13.6. The Morgan fingerprint density at radius 1 is 0.528 bits per heavy atom. The summed E-state index contributed by atoms with van der Waals surface area (Å²) in [7, 11) is 0. The van der Waals surface area contributed by atoms with Gasteiger partial charge in [0.25, 0.3) is 0 Å². The van der Waals surface area contributed by atoms with Crippen LogP contribution in [0.5, 0.6) is 0 Å². The van der Waals surface area contributed by atoms with Gasteiger partial charge >= 0.3 is 0 Å². The molecule has 1 aliphatic rings. The lowest BCUT2D eigenvalue weighted by Gasteiger charge is -2.25. The molecule has 0 atom stereocenters. The Hall–Kier alpha value is -4.36. The number of rotatable bonds is 2. The van der Waals surface area contributed by atoms with E-state index in [9.17, 15) is 0 Å². The highest BCUT2D eigenvalue weighted by atomic mass is 14.6. The van der Waals surface area contributed by atoms with E-state index >= 15 is 0 Å². The average molecular weight is 462 g/mol. The summed E-state index contributed by atoms with van der Waals surface area (Å²) in [6.07, 6.45) is 0. The van der Waals surface area contributed by atoms with Gasteiger partial charge in [0.2, 0.25) is 0 Å². The van der Waals surface area contributed by atoms with Crippen LogP contribution in [0.15, 0.2) is 115 Å². The quantitative estimate of drug-likeness (QED) is 0.202. The van der Waals surface area contributed by atoms with E-state index in [1.54, 1.807) is 0 Å². The molecule has 0 saturated carbocycles. The third-order valence-corrected chi connectivity index (χ3v) is 7.97. The molecular weight excluding hydrogens is 434 g/mol. The van der Waals surface area contributed by atoms with Crippen molar-refractivity contribution in [1.82, 2.24) is 0 Å². The summed E-state index contributed by atoms with van der Waals surface area (Å²) in [5.74, 6) is 0. The minimum absolute atomic E-state index is 0.164. The lowest BCUT2D eigenvalue weighted by Crippen LogP contribution is -2.16. The molecule has 1 heteroatoms. The number of benzene rings is 6. The molecule has 2 N–H and O–H groups in total. The van der Waals surface area contributed by atoms with Crippen LogP contribution < -0.4 is 5.73 Å². The molecule has 0 fully saturated rings. The predicted octanol–water partition coefficient (Wildman–Crippen LogP) is 9.22. The van der Waals surface area contributed by atoms with Crippen LogP contribution in [0.4, 0.5) is 5.69 Å². The minimum atomic E-state index is -0.164. The highest BCUT2D eigenvalue weighted by molar-refractivity contribution is 6.21. The molecule has 1 aliphatic carbocycles. The Morgan fingerprint density at radius 3 is 1.94 bits per heavy atom. The summed E-state index contributed by atoms with van der Waals surface area (Å²) in [6.45, 7) is 4.70. The van der Waals surface area contributed by atoms with Crippen molar-refractivity contribution in [2.45, 2.75) is 19.3 Å². The molecule has 0 radical (unpaired) electrons. The number of nitrogen functional groups attached to an aromatic ring is 1. The van der Waals surface area contributed by atoms with Crippen LogP contribution in [-0.4, -0.2) is 0 Å². The van der Waals surface area contributed by atoms with Gasteiger partial charge in [0.15, 0.2) is 0 Å². The monoisotopic (exact) mass is 461 g/mol. The van der Waals surface area contributed by atoms with Gasteiger partial charge in [-0.3, -0.25) is 0 Å². The van der Waals surface area contributed by atoms with Crippen LogP contribution in [0.3, 0.4) is 0 Å². The highest BCUT2D eigenvalue weighted by Gasteiger charge is 2.39. The fourth-order valence-corrected chi connectivity index (χ4v) is 6.29. The van der Waals surface area contributed by atoms with Gasteiger partial charge in [0.05, 0.1) is 0 Å². The number of hydrogen-bond donors (Lipinski definition) is 1. The second kappa shape index (κ2) is 7.57. The first-order valence-electron chi connectivity index (χ1n) is 12.6. The van der Waals surface area contributed by atoms with Crippen molar-refractivity contribution in [2.75, 3.05) is 5.73 Å². The first-order valence-corrected chi connectivity index (χ1v) is 12.6. The van der Waals surface area contributed by atoms with Crippen LogP contribution in [-0.2, 0) is 5.41 Å². The zero-order chi connectivity index (χ0) is 24.4. The summed E-state index contributed by atoms with van der Waals surface area (Å²) < 4.78 is 0. The fraction of sp³-hybridized carbons (Fsp3) is 0.0857. The molecule has 36 heavy (non-hydrogen) atoms. The standard InChI is InChI=1S/C35H27N/c1-35(2)31-21-25(36)19-20-30(31)33-28-12-7-6-11-27(28)29-14-8-13-26(32(29)34(33)35)24-17-15-23(16-18-24)22-9-4-3-5-10-22/h3-21H,36H2,1-2H3. The third kappa shape index (κ3) is 2.90. The Bertz CT molecular complexity index is 1790. The van der Waals surface area contributed by atoms with Crippen LogP contribution in [0.25, 0.3) is 54.9 Å². The van der Waals surface area contributed by atoms with Gasteiger partial charge in [-0.25, -0.2) is 0 Å². The Labute approximate surface area is 211 Å². The first-order chi connectivity index (χ1) is 17.5. The number of anilines is 1. The topological polar surface area (TPSA) is 26.0 Å². The second-order valence-corrected chi connectivity index (χ2v) is 10.4. The van der Waals surface area contributed by atoms with Crippen LogP contribution in [0.2, 0.25) is 0 Å². The van der Waals surface area contributed by atoms with Crippen LogP contribution >= 0.6 is 0 Å². The zero-order valence-corrected chi connectivity index (χ0v) is 20.5. The maximum atomic E-state index is 6.30. The molecule has 0 heterocycles. The van der Waals surface area contributed by atoms with E-state index < -0.39 is 0 Å². The van der Waals surface area contributed by atoms with Gasteiger partial charge in [0.1, 0.15) is 0 Å². The molecule has 0 saturated heterocycles. The number of fused-ring (bicyclic) bond motifs is 8. The summed E-state index contributed by atoms with van der Waals surface area (Å²) >= 11 is 0. The average Bonchev–Trinajstić information content (AvgIpc) is 3.15. The Morgan fingerprint density at radius 2 is 1.17 bits per heavy atom. The van der Waals surface area contributed by atoms with Gasteiger partial charge in [-0.05, 0) is 78.2 Å². The van der Waals surface area contributed by atoms with E-state index in [0.29, 0.717) is 0 Å². The Balaban J connectivity index is 1.56. The lowest BCUT2D eigenvalue weighted by molar-refractivity contribution is 0.667. The predicted molar refractivity (Wildman–Crippen MR) is 154 cm³/mol. The summed E-state index contributed by atoms with van der Waals surface area (Å²) in [4.78, 5) is 0. The SMILES string of the molecule is CC1(C)c2cc(N)ccc2-c2c1c1c(-c3ccc(-c4ccccc4)cc3)cccc1c1ccccc21. The summed E-state index contributed by atoms with van der Waals surface area (Å²) in [5.41, 5.74) is 17.3. The molecule has 7 rings (SSSR count). The molecule has 0 amide bonds. The fourth-order valence-electron chi connectivity index (χ4n) is 6.29. The van der Waals surface area contributed by atoms with Crippen LogP contribution in [0, 0.1) is 0 Å². The molecule has 1 nitrogen and oxygen atoms in total. The molecule has 0 unspecified atom stereocenters. The van der Waals surface area contributed by atoms with E-state index in [-0.39, 0.29) is 5.41 Å². The van der Waals surface area contributed by atoms with E-state index in [4.69, 9.17) is 5.73 Å². The van der Waals surface area contributed by atoms with E-state index in [1.165, 1.54) is 66.1 Å². The molecule has 6 aromatic rings. The van der Waals surface area contributed by atoms with E-state index in [1.807, 2.05) is 6.07 Å².